The molecule has 0 bridgehead atoms. The number of nitrogens with one attached hydrogen (secondary N) is 1. The number of hydrogen-bond acceptors (Lipinski definition) is 7. The Morgan fingerprint density at radius 2 is 2.00 bits per heavy atom. The second kappa shape index (κ2) is 7.07. The molecule has 2 aromatic heterocycles. The molecule has 0 saturated heterocycles. The number of carbonyl (C=O) groups is 1. The largest absolute Gasteiger partial charge is 0.469 e. The summed E-state index contributed by atoms with van der Waals surface area (Å²) in [6.07, 6.45) is 5.12. The van der Waals surface area contributed by atoms with Crippen molar-refractivity contribution in [3.05, 3.63) is 36.5 Å². The summed E-state index contributed by atoms with van der Waals surface area (Å²) in [5.41, 5.74) is 1.72. The van der Waals surface area contributed by atoms with Gasteiger partial charge in [-0.05, 0) is 37.8 Å². The van der Waals surface area contributed by atoms with E-state index in [-0.39, 0.29) is 17.9 Å². The molecule has 26 heavy (non-hydrogen) atoms. The smallest absolute Gasteiger partial charge is 0.308 e. The quantitative estimate of drug-likeness (QED) is 0.720. The lowest BCUT2D eigenvalue weighted by atomic mass is 9.86. The molecule has 0 radical (unpaired) electrons. The molecule has 0 aliphatic heterocycles. The fourth-order valence-corrected chi connectivity index (χ4v) is 3.40. The van der Waals surface area contributed by atoms with Gasteiger partial charge in [-0.1, -0.05) is 17.3 Å². The Morgan fingerprint density at radius 1 is 1.19 bits per heavy atom. The van der Waals surface area contributed by atoms with Crippen molar-refractivity contribution in [1.82, 2.24) is 25.0 Å². The van der Waals surface area contributed by atoms with Gasteiger partial charge in [0.1, 0.15) is 5.52 Å². The summed E-state index contributed by atoms with van der Waals surface area (Å²) < 4.78 is 6.54. The first-order valence-corrected chi connectivity index (χ1v) is 8.73. The first-order valence-electron chi connectivity index (χ1n) is 8.73. The summed E-state index contributed by atoms with van der Waals surface area (Å²) in [5, 5.41) is 11.7. The Labute approximate surface area is 150 Å². The van der Waals surface area contributed by atoms with Crippen LogP contribution < -0.4 is 5.32 Å². The molecule has 1 N–H and O–H groups in total. The van der Waals surface area contributed by atoms with Gasteiger partial charge in [0.05, 0.1) is 18.5 Å². The molecular formula is C18H20N6O2. The van der Waals surface area contributed by atoms with Crippen molar-refractivity contribution in [1.29, 1.82) is 0 Å². The van der Waals surface area contributed by atoms with E-state index in [2.05, 4.69) is 25.6 Å². The molecular weight excluding hydrogens is 332 g/mol. The second-order valence-electron chi connectivity index (χ2n) is 6.44. The summed E-state index contributed by atoms with van der Waals surface area (Å²) >= 11 is 0. The summed E-state index contributed by atoms with van der Waals surface area (Å²) in [7, 11) is 1.44. The van der Waals surface area contributed by atoms with Gasteiger partial charge < -0.3 is 10.1 Å². The van der Waals surface area contributed by atoms with E-state index in [4.69, 9.17) is 4.74 Å². The van der Waals surface area contributed by atoms with Crippen LogP contribution in [0.4, 0.5) is 5.95 Å². The highest BCUT2D eigenvalue weighted by Crippen LogP contribution is 2.27. The summed E-state index contributed by atoms with van der Waals surface area (Å²) in [6.45, 7) is 0. The Balaban J connectivity index is 1.48. The maximum Gasteiger partial charge on any atom is 0.308 e. The number of benzene rings is 1. The van der Waals surface area contributed by atoms with Gasteiger partial charge >= 0.3 is 5.97 Å². The van der Waals surface area contributed by atoms with Crippen LogP contribution in [-0.2, 0) is 9.53 Å². The summed E-state index contributed by atoms with van der Waals surface area (Å²) in [6, 6.07) is 9.80. The van der Waals surface area contributed by atoms with Gasteiger partial charge in [0.2, 0.25) is 5.95 Å². The maximum atomic E-state index is 11.6. The van der Waals surface area contributed by atoms with Crippen LogP contribution >= 0.6 is 0 Å². The third-order valence-electron chi connectivity index (χ3n) is 4.80. The molecule has 1 aromatic carbocycles. The SMILES string of the molecule is COC(=O)C1CCC(Nc2nccc(-n3nnc4ccccc43)n2)CC1. The number of para-hydroxylation sites is 1. The van der Waals surface area contributed by atoms with Crippen LogP contribution in [0.5, 0.6) is 0 Å². The van der Waals surface area contributed by atoms with Gasteiger partial charge in [0.25, 0.3) is 0 Å². The van der Waals surface area contributed by atoms with Crippen molar-refractivity contribution in [2.24, 2.45) is 5.92 Å². The number of rotatable bonds is 4. The van der Waals surface area contributed by atoms with Gasteiger partial charge in [-0.15, -0.1) is 5.10 Å². The average Bonchev–Trinajstić information content (AvgIpc) is 3.12. The number of nitrogens with zero attached hydrogens (tertiary/aromatic N) is 5. The Morgan fingerprint density at radius 3 is 2.81 bits per heavy atom. The molecule has 8 heteroatoms. The first kappa shape index (κ1) is 16.4. The molecule has 3 aromatic rings. The van der Waals surface area contributed by atoms with Gasteiger partial charge in [-0.3, -0.25) is 4.79 Å². The van der Waals surface area contributed by atoms with Crippen LogP contribution in [0.25, 0.3) is 16.9 Å². The molecule has 8 nitrogen and oxygen atoms in total. The fraction of sp³-hybridized carbons (Fsp3) is 0.389. The molecule has 134 valence electrons. The predicted molar refractivity (Wildman–Crippen MR) is 95.8 cm³/mol. The lowest BCUT2D eigenvalue weighted by Gasteiger charge is -2.27. The minimum atomic E-state index is -0.111. The molecule has 1 aliphatic carbocycles. The molecule has 1 saturated carbocycles. The highest BCUT2D eigenvalue weighted by molar-refractivity contribution is 5.75. The zero-order chi connectivity index (χ0) is 17.9. The molecule has 0 amide bonds. The van der Waals surface area contributed by atoms with Crippen molar-refractivity contribution in [3.63, 3.8) is 0 Å². The van der Waals surface area contributed by atoms with Crippen molar-refractivity contribution >= 4 is 23.0 Å². The second-order valence-corrected chi connectivity index (χ2v) is 6.44. The number of aromatic nitrogens is 5. The van der Waals surface area contributed by atoms with E-state index in [1.807, 2.05) is 24.3 Å². The van der Waals surface area contributed by atoms with Gasteiger partial charge in [-0.2, -0.15) is 9.67 Å². The average molecular weight is 352 g/mol. The van der Waals surface area contributed by atoms with Crippen molar-refractivity contribution in [2.45, 2.75) is 31.7 Å². The molecule has 1 fully saturated rings. The Kier molecular flexibility index (Phi) is 4.47. The number of esters is 1. The standard InChI is InChI=1S/C18H20N6O2/c1-26-17(25)12-6-8-13(9-7-12)20-18-19-11-10-16(21-18)24-15-5-3-2-4-14(15)22-23-24/h2-5,10-13H,6-9H2,1H3,(H,19,20,21). The third kappa shape index (κ3) is 3.22. The van der Waals surface area contributed by atoms with Crippen LogP contribution in [0.3, 0.4) is 0 Å². The Bertz CT molecular complexity index is 917. The van der Waals surface area contributed by atoms with Crippen molar-refractivity contribution in [2.75, 3.05) is 12.4 Å². The minimum Gasteiger partial charge on any atom is -0.469 e. The Hall–Kier alpha value is -3.03. The van der Waals surface area contributed by atoms with Crippen LogP contribution in [0.2, 0.25) is 0 Å². The molecule has 1 aliphatic rings. The molecule has 0 unspecified atom stereocenters. The molecule has 0 atom stereocenters. The highest BCUT2D eigenvalue weighted by Gasteiger charge is 2.27. The molecule has 0 spiro atoms. The minimum absolute atomic E-state index is 0.00631. The van der Waals surface area contributed by atoms with E-state index in [1.165, 1.54) is 7.11 Å². The predicted octanol–water partition coefficient (Wildman–Crippen LogP) is 2.35. The number of methoxy groups -OCH3 is 1. The van der Waals surface area contributed by atoms with Crippen LogP contribution in [0.1, 0.15) is 25.7 Å². The normalized spacial score (nSPS) is 20.0. The van der Waals surface area contributed by atoms with Gasteiger partial charge in [0, 0.05) is 18.3 Å². The highest BCUT2D eigenvalue weighted by atomic mass is 16.5. The lowest BCUT2D eigenvalue weighted by molar-refractivity contribution is -0.146. The number of carbonyl (C=O) groups excluding carboxylic acids is 1. The number of hydrogen-bond donors (Lipinski definition) is 1. The monoisotopic (exact) mass is 352 g/mol. The number of anilines is 1. The zero-order valence-electron chi connectivity index (χ0n) is 14.5. The van der Waals surface area contributed by atoms with E-state index < -0.39 is 0 Å². The maximum absolute atomic E-state index is 11.6. The summed E-state index contributed by atoms with van der Waals surface area (Å²) in [5.74, 6) is 1.12. The first-order chi connectivity index (χ1) is 12.7. The van der Waals surface area contributed by atoms with E-state index >= 15 is 0 Å². The van der Waals surface area contributed by atoms with E-state index in [0.29, 0.717) is 11.8 Å². The zero-order valence-corrected chi connectivity index (χ0v) is 14.5. The topological polar surface area (TPSA) is 94.8 Å². The van der Waals surface area contributed by atoms with Gasteiger partial charge in [-0.25, -0.2) is 4.98 Å². The number of ether oxygens (including phenoxy) is 1. The van der Waals surface area contributed by atoms with E-state index in [0.717, 1.165) is 36.7 Å². The van der Waals surface area contributed by atoms with Crippen LogP contribution in [-0.4, -0.2) is 44.1 Å². The fourth-order valence-electron chi connectivity index (χ4n) is 3.40. The van der Waals surface area contributed by atoms with Crippen molar-refractivity contribution < 1.29 is 9.53 Å². The lowest BCUT2D eigenvalue weighted by Crippen LogP contribution is -2.30. The molecule has 2 heterocycles. The third-order valence-corrected chi connectivity index (χ3v) is 4.80. The van der Waals surface area contributed by atoms with Gasteiger partial charge in [0.15, 0.2) is 5.82 Å². The summed E-state index contributed by atoms with van der Waals surface area (Å²) in [4.78, 5) is 20.5. The number of fused-ring (bicyclic) bond motifs is 1. The van der Waals surface area contributed by atoms with Crippen molar-refractivity contribution in [3.8, 4) is 5.82 Å². The van der Waals surface area contributed by atoms with Crippen LogP contribution in [0.15, 0.2) is 36.5 Å². The van der Waals surface area contributed by atoms with E-state index in [9.17, 15) is 4.79 Å². The molecule has 4 rings (SSSR count). The van der Waals surface area contributed by atoms with E-state index in [1.54, 1.807) is 16.9 Å². The van der Waals surface area contributed by atoms with Crippen LogP contribution in [0, 0.1) is 5.92 Å².